The molecule has 0 saturated carbocycles. The van der Waals surface area contributed by atoms with Gasteiger partial charge >= 0.3 is 0 Å². The summed E-state index contributed by atoms with van der Waals surface area (Å²) in [5.41, 5.74) is 5.26. The zero-order valence-corrected chi connectivity index (χ0v) is 16.5. The molecule has 0 fully saturated rings. The van der Waals surface area contributed by atoms with Gasteiger partial charge in [-0.05, 0) is 67.8 Å². The number of rotatable bonds is 6. The van der Waals surface area contributed by atoms with Crippen LogP contribution in [-0.4, -0.2) is 7.11 Å². The molecule has 0 bridgehead atoms. The van der Waals surface area contributed by atoms with Crippen LogP contribution in [0.4, 0.5) is 0 Å². The van der Waals surface area contributed by atoms with Crippen molar-refractivity contribution in [2.75, 3.05) is 7.11 Å². The van der Waals surface area contributed by atoms with Crippen LogP contribution in [0.3, 0.4) is 0 Å². The van der Waals surface area contributed by atoms with Crippen molar-refractivity contribution in [3.63, 3.8) is 0 Å². The van der Waals surface area contributed by atoms with Gasteiger partial charge in [-0.25, -0.2) is 0 Å². The molecule has 4 aromatic rings. The SMILES string of the molecule is C=C(C)CCc1oc2ccc(-c3cccc(OC)c3)cc2c1-c1ccc(C)o1. The van der Waals surface area contributed by atoms with Crippen LogP contribution in [0.5, 0.6) is 5.75 Å². The second kappa shape index (κ2) is 7.43. The second-order valence-corrected chi connectivity index (χ2v) is 7.21. The number of benzene rings is 2. The molecular weight excluding hydrogens is 348 g/mol. The zero-order valence-electron chi connectivity index (χ0n) is 16.5. The van der Waals surface area contributed by atoms with Gasteiger partial charge in [-0.15, -0.1) is 6.58 Å². The Morgan fingerprint density at radius 1 is 1.00 bits per heavy atom. The molecule has 142 valence electrons. The number of ether oxygens (including phenoxy) is 1. The second-order valence-electron chi connectivity index (χ2n) is 7.21. The van der Waals surface area contributed by atoms with Crippen LogP contribution in [0, 0.1) is 6.92 Å². The molecule has 2 heterocycles. The number of allylic oxidation sites excluding steroid dienone is 1. The minimum atomic E-state index is 0.799. The molecule has 3 nitrogen and oxygen atoms in total. The van der Waals surface area contributed by atoms with E-state index in [9.17, 15) is 0 Å². The summed E-state index contributed by atoms with van der Waals surface area (Å²) in [7, 11) is 1.68. The Balaban J connectivity index is 1.88. The highest BCUT2D eigenvalue weighted by molar-refractivity contribution is 5.97. The highest BCUT2D eigenvalue weighted by atomic mass is 16.5. The number of aryl methyl sites for hydroxylation is 2. The van der Waals surface area contributed by atoms with Crippen LogP contribution in [0.15, 0.2) is 75.6 Å². The first-order chi connectivity index (χ1) is 13.5. The van der Waals surface area contributed by atoms with Gasteiger partial charge in [-0.2, -0.15) is 0 Å². The van der Waals surface area contributed by atoms with Crippen molar-refractivity contribution in [1.29, 1.82) is 0 Å². The van der Waals surface area contributed by atoms with E-state index in [0.717, 1.165) is 69.1 Å². The fraction of sp³-hybridized carbons (Fsp3) is 0.200. The van der Waals surface area contributed by atoms with Crippen LogP contribution in [0.2, 0.25) is 0 Å². The Bertz CT molecular complexity index is 1140. The monoisotopic (exact) mass is 372 g/mol. The largest absolute Gasteiger partial charge is 0.497 e. The molecule has 0 amide bonds. The highest BCUT2D eigenvalue weighted by Gasteiger charge is 2.19. The van der Waals surface area contributed by atoms with E-state index in [2.05, 4.69) is 24.8 Å². The van der Waals surface area contributed by atoms with Gasteiger partial charge in [0.15, 0.2) is 0 Å². The van der Waals surface area contributed by atoms with E-state index in [0.29, 0.717) is 0 Å². The van der Waals surface area contributed by atoms with Gasteiger partial charge in [0.2, 0.25) is 0 Å². The molecule has 0 radical (unpaired) electrons. The number of hydrogen-bond donors (Lipinski definition) is 0. The third-order valence-electron chi connectivity index (χ3n) is 4.93. The molecule has 4 rings (SSSR count). The van der Waals surface area contributed by atoms with E-state index in [1.165, 1.54) is 0 Å². The minimum absolute atomic E-state index is 0.799. The highest BCUT2D eigenvalue weighted by Crippen LogP contribution is 2.39. The fourth-order valence-corrected chi connectivity index (χ4v) is 3.47. The van der Waals surface area contributed by atoms with Gasteiger partial charge in [-0.1, -0.05) is 23.8 Å². The summed E-state index contributed by atoms with van der Waals surface area (Å²) in [4.78, 5) is 0. The topological polar surface area (TPSA) is 35.5 Å². The Morgan fingerprint density at radius 3 is 2.54 bits per heavy atom. The smallest absolute Gasteiger partial charge is 0.138 e. The normalized spacial score (nSPS) is 11.1. The standard InChI is InChI=1S/C25H24O3/c1-16(2)8-11-24-25(23-12-9-17(3)27-23)21-15-19(10-13-22(21)28-24)18-6-5-7-20(14-18)26-4/h5-7,9-10,12-15H,1,8,11H2,2-4H3. The molecular formula is C25H24O3. The van der Waals surface area contributed by atoms with Gasteiger partial charge in [0, 0.05) is 11.8 Å². The summed E-state index contributed by atoms with van der Waals surface area (Å²) in [6, 6.07) is 18.4. The molecule has 0 atom stereocenters. The maximum atomic E-state index is 6.22. The molecule has 0 saturated heterocycles. The van der Waals surface area contributed by atoms with Gasteiger partial charge in [0.05, 0.1) is 12.7 Å². The molecule has 0 aliphatic carbocycles. The lowest BCUT2D eigenvalue weighted by Crippen LogP contribution is -1.87. The molecule has 0 spiro atoms. The Kier molecular flexibility index (Phi) is 4.82. The van der Waals surface area contributed by atoms with Crippen molar-refractivity contribution in [2.45, 2.75) is 26.7 Å². The Labute approximate surface area is 165 Å². The molecule has 0 N–H and O–H groups in total. The molecule has 2 aromatic heterocycles. The van der Waals surface area contributed by atoms with Crippen molar-refractivity contribution < 1.29 is 13.6 Å². The lowest BCUT2D eigenvalue weighted by molar-refractivity contribution is 0.415. The average Bonchev–Trinajstić information content (AvgIpc) is 3.28. The van der Waals surface area contributed by atoms with Gasteiger partial charge in [0.25, 0.3) is 0 Å². The van der Waals surface area contributed by atoms with Gasteiger partial charge in [0.1, 0.15) is 28.6 Å². The average molecular weight is 372 g/mol. The van der Waals surface area contributed by atoms with Crippen LogP contribution in [0.1, 0.15) is 24.9 Å². The number of hydrogen-bond acceptors (Lipinski definition) is 3. The fourth-order valence-electron chi connectivity index (χ4n) is 3.47. The summed E-state index contributed by atoms with van der Waals surface area (Å²) >= 11 is 0. The molecule has 2 aromatic carbocycles. The summed E-state index contributed by atoms with van der Waals surface area (Å²) in [6.45, 7) is 8.03. The first-order valence-electron chi connectivity index (χ1n) is 9.46. The third-order valence-corrected chi connectivity index (χ3v) is 4.93. The van der Waals surface area contributed by atoms with E-state index >= 15 is 0 Å². The molecule has 28 heavy (non-hydrogen) atoms. The zero-order chi connectivity index (χ0) is 19.7. The maximum absolute atomic E-state index is 6.22. The van der Waals surface area contributed by atoms with Crippen LogP contribution < -0.4 is 4.74 Å². The van der Waals surface area contributed by atoms with Gasteiger partial charge < -0.3 is 13.6 Å². The predicted molar refractivity (Wildman–Crippen MR) is 114 cm³/mol. The molecule has 0 aliphatic heterocycles. The first kappa shape index (κ1) is 18.2. The minimum Gasteiger partial charge on any atom is -0.497 e. The van der Waals surface area contributed by atoms with E-state index in [-0.39, 0.29) is 0 Å². The van der Waals surface area contributed by atoms with Crippen LogP contribution >= 0.6 is 0 Å². The van der Waals surface area contributed by atoms with Crippen molar-refractivity contribution >= 4 is 11.0 Å². The molecule has 0 unspecified atom stereocenters. The Morgan fingerprint density at radius 2 is 1.82 bits per heavy atom. The number of fused-ring (bicyclic) bond motifs is 1. The Hall–Kier alpha value is -3.20. The molecule has 0 aliphatic rings. The first-order valence-corrected chi connectivity index (χ1v) is 9.46. The van der Waals surface area contributed by atoms with Crippen LogP contribution in [0.25, 0.3) is 33.4 Å². The van der Waals surface area contributed by atoms with E-state index in [1.54, 1.807) is 7.11 Å². The van der Waals surface area contributed by atoms with Crippen molar-refractivity contribution in [1.82, 2.24) is 0 Å². The quantitative estimate of drug-likeness (QED) is 0.336. The maximum Gasteiger partial charge on any atom is 0.138 e. The lowest BCUT2D eigenvalue weighted by Gasteiger charge is -2.05. The van der Waals surface area contributed by atoms with Crippen molar-refractivity contribution in [3.05, 3.63) is 78.3 Å². The lowest BCUT2D eigenvalue weighted by atomic mass is 9.99. The summed E-state index contributed by atoms with van der Waals surface area (Å²) < 4.78 is 17.6. The summed E-state index contributed by atoms with van der Waals surface area (Å²) in [6.07, 6.45) is 1.68. The molecule has 3 heteroatoms. The van der Waals surface area contributed by atoms with Crippen molar-refractivity contribution in [2.24, 2.45) is 0 Å². The van der Waals surface area contributed by atoms with E-state index in [1.807, 2.05) is 50.2 Å². The van der Waals surface area contributed by atoms with Crippen LogP contribution in [-0.2, 0) is 6.42 Å². The van der Waals surface area contributed by atoms with Gasteiger partial charge in [-0.3, -0.25) is 0 Å². The number of methoxy groups -OCH3 is 1. The summed E-state index contributed by atoms with van der Waals surface area (Å²) in [5, 5.41) is 1.06. The third kappa shape index (κ3) is 3.48. The summed E-state index contributed by atoms with van der Waals surface area (Å²) in [5.74, 6) is 3.51. The van der Waals surface area contributed by atoms with Crippen molar-refractivity contribution in [3.8, 4) is 28.2 Å². The van der Waals surface area contributed by atoms with E-state index in [4.69, 9.17) is 13.6 Å². The van der Waals surface area contributed by atoms with E-state index < -0.39 is 0 Å². The predicted octanol–water partition coefficient (Wildman–Crippen LogP) is 7.19. The number of furan rings is 2.